The molecular formula is C10H18FNO4. The molecule has 1 N–H and O–H groups in total. The first kappa shape index (κ1) is 14.7. The number of alkyl carbamates (subject to hydrolysis) is 1. The minimum atomic E-state index is -1.15. The number of alkyl halides is 1. The van der Waals surface area contributed by atoms with Crippen LogP contribution in [0.3, 0.4) is 0 Å². The molecule has 0 fully saturated rings. The fourth-order valence-corrected chi connectivity index (χ4v) is 0.740. The van der Waals surface area contributed by atoms with Crippen LogP contribution in [-0.2, 0) is 14.3 Å². The Labute approximate surface area is 94.3 Å². The first-order valence-electron chi connectivity index (χ1n) is 5.12. The Morgan fingerprint density at radius 2 is 1.75 bits per heavy atom. The Balaban J connectivity index is 3.82. The van der Waals surface area contributed by atoms with Crippen molar-refractivity contribution in [2.45, 2.75) is 40.2 Å². The van der Waals surface area contributed by atoms with Crippen LogP contribution in [0.1, 0.15) is 27.7 Å². The largest absolute Gasteiger partial charge is 0.425 e. The van der Waals surface area contributed by atoms with E-state index in [4.69, 9.17) is 4.74 Å². The van der Waals surface area contributed by atoms with Crippen molar-refractivity contribution >= 4 is 12.1 Å². The number of nitrogens with one attached hydrogen (secondary N) is 1. The second kappa shape index (κ2) is 7.03. The molecule has 0 heterocycles. The Morgan fingerprint density at radius 1 is 1.19 bits per heavy atom. The van der Waals surface area contributed by atoms with E-state index in [1.54, 1.807) is 13.8 Å². The molecule has 0 radical (unpaired) electrons. The van der Waals surface area contributed by atoms with Crippen LogP contribution in [0.4, 0.5) is 9.18 Å². The molecule has 2 atom stereocenters. The molecule has 0 aromatic rings. The summed E-state index contributed by atoms with van der Waals surface area (Å²) in [6.45, 7) is 5.92. The van der Waals surface area contributed by atoms with E-state index in [0.717, 1.165) is 0 Å². The number of hydrogen-bond acceptors (Lipinski definition) is 4. The van der Waals surface area contributed by atoms with Gasteiger partial charge in [-0.2, -0.15) is 0 Å². The number of carbonyl (C=O) groups is 2. The number of esters is 1. The summed E-state index contributed by atoms with van der Waals surface area (Å²) in [6.07, 6.45) is -2.94. The Bertz CT molecular complexity index is 243. The molecule has 6 heteroatoms. The first-order valence-corrected chi connectivity index (χ1v) is 5.12. The summed E-state index contributed by atoms with van der Waals surface area (Å²) in [6, 6.07) is 0. The molecule has 0 bridgehead atoms. The molecule has 0 aliphatic carbocycles. The average molecular weight is 235 g/mol. The quantitative estimate of drug-likeness (QED) is 0.581. The third kappa shape index (κ3) is 7.03. The summed E-state index contributed by atoms with van der Waals surface area (Å²) in [5, 5.41) is 2.19. The standard InChI is InChI=1S/C10H18FNO4/c1-6(2)9(13)15-8(4)16-10(14)12-5-7(3)11/h6-8H,5H2,1-4H3,(H,12,14)/t7-,8?/m0/s1. The lowest BCUT2D eigenvalue weighted by Gasteiger charge is -2.15. The second-order valence-corrected chi connectivity index (χ2v) is 3.73. The number of rotatable bonds is 5. The third-order valence-electron chi connectivity index (χ3n) is 1.55. The summed E-state index contributed by atoms with van der Waals surface area (Å²) in [5.74, 6) is -0.751. The maximum Gasteiger partial charge on any atom is 0.410 e. The van der Waals surface area contributed by atoms with Crippen molar-refractivity contribution in [3.63, 3.8) is 0 Å². The van der Waals surface area contributed by atoms with Crippen molar-refractivity contribution in [1.29, 1.82) is 0 Å². The zero-order valence-corrected chi connectivity index (χ0v) is 9.95. The van der Waals surface area contributed by atoms with Gasteiger partial charge in [0.15, 0.2) is 0 Å². The van der Waals surface area contributed by atoms with Crippen LogP contribution in [0.2, 0.25) is 0 Å². The molecule has 0 aliphatic rings. The van der Waals surface area contributed by atoms with Gasteiger partial charge in [-0.3, -0.25) is 4.79 Å². The smallest absolute Gasteiger partial charge is 0.410 e. The van der Waals surface area contributed by atoms with Gasteiger partial charge in [0.25, 0.3) is 0 Å². The van der Waals surface area contributed by atoms with Crippen molar-refractivity contribution in [3.8, 4) is 0 Å². The lowest BCUT2D eigenvalue weighted by molar-refractivity contribution is -0.168. The average Bonchev–Trinajstić information content (AvgIpc) is 2.14. The third-order valence-corrected chi connectivity index (χ3v) is 1.55. The minimum absolute atomic E-state index is 0.135. The van der Waals surface area contributed by atoms with E-state index in [0.29, 0.717) is 0 Å². The zero-order valence-electron chi connectivity index (χ0n) is 9.95. The van der Waals surface area contributed by atoms with Gasteiger partial charge < -0.3 is 14.8 Å². The SMILES string of the molecule is CC(OC(=O)NC[C@H](C)F)OC(=O)C(C)C. The molecule has 0 aliphatic heterocycles. The van der Waals surface area contributed by atoms with E-state index in [1.165, 1.54) is 13.8 Å². The number of carbonyl (C=O) groups excluding carboxylic acids is 2. The van der Waals surface area contributed by atoms with E-state index < -0.39 is 24.5 Å². The lowest BCUT2D eigenvalue weighted by atomic mass is 10.2. The fourth-order valence-electron chi connectivity index (χ4n) is 0.740. The Hall–Kier alpha value is -1.33. The molecule has 0 saturated carbocycles. The minimum Gasteiger partial charge on any atom is -0.425 e. The maximum atomic E-state index is 12.4. The van der Waals surface area contributed by atoms with Gasteiger partial charge >= 0.3 is 12.1 Å². The molecule has 94 valence electrons. The molecule has 5 nitrogen and oxygen atoms in total. The molecule has 1 unspecified atom stereocenters. The van der Waals surface area contributed by atoms with Crippen molar-refractivity contribution in [2.75, 3.05) is 6.54 Å². The molecule has 16 heavy (non-hydrogen) atoms. The highest BCUT2D eigenvalue weighted by Crippen LogP contribution is 2.01. The predicted octanol–water partition coefficient (Wildman–Crippen LogP) is 1.62. The van der Waals surface area contributed by atoms with E-state index >= 15 is 0 Å². The fraction of sp³-hybridized carbons (Fsp3) is 0.800. The molecule has 0 saturated heterocycles. The van der Waals surface area contributed by atoms with Crippen LogP contribution in [0.25, 0.3) is 0 Å². The van der Waals surface area contributed by atoms with E-state index in [9.17, 15) is 14.0 Å². The number of ether oxygens (including phenoxy) is 2. The van der Waals surface area contributed by atoms with E-state index in [-0.39, 0.29) is 12.5 Å². The van der Waals surface area contributed by atoms with Gasteiger partial charge in [-0.15, -0.1) is 0 Å². The van der Waals surface area contributed by atoms with Gasteiger partial charge in [0, 0.05) is 6.92 Å². The second-order valence-electron chi connectivity index (χ2n) is 3.73. The van der Waals surface area contributed by atoms with Crippen molar-refractivity contribution in [3.05, 3.63) is 0 Å². The topological polar surface area (TPSA) is 64.6 Å². The van der Waals surface area contributed by atoms with Crippen LogP contribution >= 0.6 is 0 Å². The van der Waals surface area contributed by atoms with Crippen molar-refractivity contribution in [1.82, 2.24) is 5.32 Å². The summed E-state index contributed by atoms with van der Waals surface area (Å²) in [5.41, 5.74) is 0. The van der Waals surface area contributed by atoms with Gasteiger partial charge in [0.2, 0.25) is 6.29 Å². The van der Waals surface area contributed by atoms with Crippen LogP contribution in [0, 0.1) is 5.92 Å². The van der Waals surface area contributed by atoms with E-state index in [2.05, 4.69) is 10.1 Å². The van der Waals surface area contributed by atoms with Gasteiger partial charge in [-0.25, -0.2) is 9.18 Å². The van der Waals surface area contributed by atoms with Crippen LogP contribution < -0.4 is 5.32 Å². The van der Waals surface area contributed by atoms with Gasteiger partial charge in [0.1, 0.15) is 6.17 Å². The van der Waals surface area contributed by atoms with Gasteiger partial charge in [-0.05, 0) is 6.92 Å². The molecule has 0 aromatic heterocycles. The van der Waals surface area contributed by atoms with Crippen LogP contribution in [0.5, 0.6) is 0 Å². The van der Waals surface area contributed by atoms with E-state index in [1.807, 2.05) is 0 Å². The zero-order chi connectivity index (χ0) is 12.7. The normalized spacial score (nSPS) is 14.1. The molecular weight excluding hydrogens is 217 g/mol. The number of amides is 1. The highest BCUT2D eigenvalue weighted by atomic mass is 19.1. The molecule has 0 aromatic carbocycles. The molecule has 0 spiro atoms. The maximum absolute atomic E-state index is 12.4. The Kier molecular flexibility index (Phi) is 6.44. The predicted molar refractivity (Wildman–Crippen MR) is 55.4 cm³/mol. The summed E-state index contributed by atoms with van der Waals surface area (Å²) in [4.78, 5) is 22.1. The molecule has 0 rings (SSSR count). The van der Waals surface area contributed by atoms with Crippen LogP contribution in [0.15, 0.2) is 0 Å². The highest BCUT2D eigenvalue weighted by Gasteiger charge is 2.16. The summed E-state index contributed by atoms with van der Waals surface area (Å²) < 4.78 is 21.8. The summed E-state index contributed by atoms with van der Waals surface area (Å²) >= 11 is 0. The van der Waals surface area contributed by atoms with Crippen LogP contribution in [-0.4, -0.2) is 31.1 Å². The molecule has 1 amide bonds. The van der Waals surface area contributed by atoms with Gasteiger partial charge in [0.05, 0.1) is 12.5 Å². The van der Waals surface area contributed by atoms with Crippen molar-refractivity contribution in [2.24, 2.45) is 5.92 Å². The Morgan fingerprint density at radius 3 is 2.19 bits per heavy atom. The van der Waals surface area contributed by atoms with Gasteiger partial charge in [-0.1, -0.05) is 13.8 Å². The number of hydrogen-bond donors (Lipinski definition) is 1. The lowest BCUT2D eigenvalue weighted by Crippen LogP contribution is -2.33. The number of halogens is 1. The monoisotopic (exact) mass is 235 g/mol. The first-order chi connectivity index (χ1) is 7.32. The summed E-state index contributed by atoms with van der Waals surface area (Å²) in [7, 11) is 0. The highest BCUT2D eigenvalue weighted by molar-refractivity contribution is 5.72. The van der Waals surface area contributed by atoms with Crippen molar-refractivity contribution < 1.29 is 23.5 Å².